The zero-order valence-corrected chi connectivity index (χ0v) is 14.5. The Hall–Kier alpha value is -1.82. The minimum absolute atomic E-state index is 0.0228. The van der Waals surface area contributed by atoms with Crippen molar-refractivity contribution in [2.45, 2.75) is 26.2 Å². The summed E-state index contributed by atoms with van der Waals surface area (Å²) in [4.78, 5) is 16.7. The van der Waals surface area contributed by atoms with Gasteiger partial charge in [0.25, 0.3) is 0 Å². The van der Waals surface area contributed by atoms with Gasteiger partial charge in [0.1, 0.15) is 19.0 Å². The molecule has 0 spiro atoms. The molecule has 5 nitrogen and oxygen atoms in total. The van der Waals surface area contributed by atoms with E-state index in [0.29, 0.717) is 18.0 Å². The summed E-state index contributed by atoms with van der Waals surface area (Å²) in [5, 5.41) is 2.89. The fourth-order valence-corrected chi connectivity index (χ4v) is 2.92. The number of rotatable bonds is 9. The molecule has 0 saturated carbocycles. The van der Waals surface area contributed by atoms with Crippen LogP contribution >= 0.6 is 0 Å². The molecule has 1 N–H and O–H groups in total. The number of halogens is 1. The number of amides is 2. The molecule has 0 unspecified atom stereocenters. The van der Waals surface area contributed by atoms with Crippen LogP contribution < -0.4 is 10.1 Å². The largest absolute Gasteiger partial charge is 0.491 e. The molecule has 1 fully saturated rings. The second-order valence-electron chi connectivity index (χ2n) is 5.98. The highest BCUT2D eigenvalue weighted by atomic mass is 19.1. The van der Waals surface area contributed by atoms with E-state index >= 15 is 0 Å². The average Bonchev–Trinajstić information content (AvgIpc) is 3.10. The van der Waals surface area contributed by atoms with Crippen LogP contribution in [0.1, 0.15) is 26.2 Å². The van der Waals surface area contributed by atoms with Crippen LogP contribution in [0, 0.1) is 0 Å². The van der Waals surface area contributed by atoms with Gasteiger partial charge in [-0.1, -0.05) is 6.07 Å². The zero-order chi connectivity index (χ0) is 17.2. The molecule has 1 aliphatic heterocycles. The SMILES string of the molecule is CCN(CCCN1CCCC1)C(=O)Nc1cccc(OCCF)c1. The number of alkyl halides is 1. The molecular formula is C18H28FN3O2. The first-order valence-electron chi connectivity index (χ1n) is 8.80. The molecule has 0 aromatic heterocycles. The van der Waals surface area contributed by atoms with Crippen LogP contribution in [0.4, 0.5) is 14.9 Å². The molecule has 2 amide bonds. The molecule has 24 heavy (non-hydrogen) atoms. The van der Waals surface area contributed by atoms with E-state index in [2.05, 4.69) is 10.2 Å². The Balaban J connectivity index is 1.79. The lowest BCUT2D eigenvalue weighted by Crippen LogP contribution is -2.37. The number of carbonyl (C=O) groups excluding carboxylic acids is 1. The van der Waals surface area contributed by atoms with Gasteiger partial charge in [-0.2, -0.15) is 0 Å². The maximum absolute atomic E-state index is 12.4. The minimum atomic E-state index is -0.531. The lowest BCUT2D eigenvalue weighted by Gasteiger charge is -2.23. The fourth-order valence-electron chi connectivity index (χ4n) is 2.92. The second-order valence-corrected chi connectivity index (χ2v) is 5.98. The summed E-state index contributed by atoms with van der Waals surface area (Å²) < 4.78 is 17.4. The van der Waals surface area contributed by atoms with Gasteiger partial charge in [0.2, 0.25) is 0 Å². The van der Waals surface area contributed by atoms with E-state index in [0.717, 1.165) is 19.5 Å². The molecular weight excluding hydrogens is 309 g/mol. The number of ether oxygens (including phenoxy) is 1. The predicted molar refractivity (Wildman–Crippen MR) is 94.5 cm³/mol. The van der Waals surface area contributed by atoms with Crippen molar-refractivity contribution < 1.29 is 13.9 Å². The van der Waals surface area contributed by atoms with Crippen LogP contribution in [-0.4, -0.2) is 61.8 Å². The van der Waals surface area contributed by atoms with E-state index < -0.39 is 6.67 Å². The van der Waals surface area contributed by atoms with E-state index in [1.54, 1.807) is 24.3 Å². The summed E-state index contributed by atoms with van der Waals surface area (Å²) in [6.07, 6.45) is 3.57. The standard InChI is InChI=1S/C18H28FN3O2/c1-2-22(13-6-12-21-10-3-4-11-21)18(23)20-16-7-5-8-17(15-16)24-14-9-19/h5,7-8,15H,2-4,6,9-14H2,1H3,(H,20,23). The number of anilines is 1. The molecule has 0 bridgehead atoms. The van der Waals surface area contributed by atoms with Gasteiger partial charge in [-0.3, -0.25) is 0 Å². The minimum Gasteiger partial charge on any atom is -0.491 e. The molecule has 2 rings (SSSR count). The van der Waals surface area contributed by atoms with Crippen molar-refractivity contribution in [1.29, 1.82) is 0 Å². The van der Waals surface area contributed by atoms with Gasteiger partial charge in [-0.05, 0) is 58.0 Å². The Labute approximate surface area is 143 Å². The molecule has 0 radical (unpaired) electrons. The highest BCUT2D eigenvalue weighted by molar-refractivity contribution is 5.89. The zero-order valence-electron chi connectivity index (χ0n) is 14.5. The Morgan fingerprint density at radius 2 is 2.17 bits per heavy atom. The monoisotopic (exact) mass is 337 g/mol. The number of urea groups is 1. The van der Waals surface area contributed by atoms with Crippen LogP contribution in [0.15, 0.2) is 24.3 Å². The van der Waals surface area contributed by atoms with Gasteiger partial charge in [0, 0.05) is 24.8 Å². The van der Waals surface area contributed by atoms with Crippen molar-refractivity contribution in [3.05, 3.63) is 24.3 Å². The first-order valence-corrected chi connectivity index (χ1v) is 8.80. The van der Waals surface area contributed by atoms with Crippen LogP contribution in [0.2, 0.25) is 0 Å². The van der Waals surface area contributed by atoms with Crippen molar-refractivity contribution in [2.24, 2.45) is 0 Å². The molecule has 1 aromatic rings. The van der Waals surface area contributed by atoms with Gasteiger partial charge in [0.05, 0.1) is 0 Å². The highest BCUT2D eigenvalue weighted by Gasteiger charge is 2.14. The van der Waals surface area contributed by atoms with E-state index in [-0.39, 0.29) is 12.6 Å². The third-order valence-electron chi connectivity index (χ3n) is 4.20. The van der Waals surface area contributed by atoms with Crippen molar-refractivity contribution in [2.75, 3.05) is 51.3 Å². The summed E-state index contributed by atoms with van der Waals surface area (Å²) >= 11 is 0. The molecule has 0 atom stereocenters. The number of hydrogen-bond donors (Lipinski definition) is 1. The first kappa shape index (κ1) is 18.5. The van der Waals surface area contributed by atoms with Crippen LogP contribution in [0.25, 0.3) is 0 Å². The average molecular weight is 337 g/mol. The maximum atomic E-state index is 12.4. The van der Waals surface area contributed by atoms with Gasteiger partial charge in [-0.15, -0.1) is 0 Å². The van der Waals surface area contributed by atoms with Gasteiger partial charge < -0.3 is 19.9 Å². The summed E-state index contributed by atoms with van der Waals surface area (Å²) in [7, 11) is 0. The van der Waals surface area contributed by atoms with Crippen molar-refractivity contribution >= 4 is 11.7 Å². The number of nitrogens with zero attached hydrogens (tertiary/aromatic N) is 2. The highest BCUT2D eigenvalue weighted by Crippen LogP contribution is 2.18. The van der Waals surface area contributed by atoms with Crippen LogP contribution in [0.3, 0.4) is 0 Å². The molecule has 1 aromatic carbocycles. The van der Waals surface area contributed by atoms with E-state index in [1.165, 1.54) is 25.9 Å². The maximum Gasteiger partial charge on any atom is 0.321 e. The number of carbonyl (C=O) groups is 1. The number of nitrogens with one attached hydrogen (secondary N) is 1. The van der Waals surface area contributed by atoms with Crippen molar-refractivity contribution in [1.82, 2.24) is 9.80 Å². The van der Waals surface area contributed by atoms with Crippen molar-refractivity contribution in [3.8, 4) is 5.75 Å². The summed E-state index contributed by atoms with van der Waals surface area (Å²) in [5.41, 5.74) is 0.661. The van der Waals surface area contributed by atoms with Crippen LogP contribution in [0.5, 0.6) is 5.75 Å². The third kappa shape index (κ3) is 6.00. The lowest BCUT2D eigenvalue weighted by atomic mass is 10.3. The van der Waals surface area contributed by atoms with Gasteiger partial charge in [0.15, 0.2) is 0 Å². The summed E-state index contributed by atoms with van der Waals surface area (Å²) in [5.74, 6) is 0.558. The number of likely N-dealkylation sites (tertiary alicyclic amines) is 1. The molecule has 1 aliphatic rings. The van der Waals surface area contributed by atoms with Crippen LogP contribution in [-0.2, 0) is 0 Å². The van der Waals surface area contributed by atoms with E-state index in [1.807, 2.05) is 11.8 Å². The summed E-state index contributed by atoms with van der Waals surface area (Å²) in [6.45, 7) is 6.31. The third-order valence-corrected chi connectivity index (χ3v) is 4.20. The van der Waals surface area contributed by atoms with Gasteiger partial charge >= 0.3 is 6.03 Å². The Morgan fingerprint density at radius 1 is 1.38 bits per heavy atom. The Morgan fingerprint density at radius 3 is 2.88 bits per heavy atom. The molecule has 1 saturated heterocycles. The molecule has 6 heteroatoms. The Bertz CT molecular complexity index is 507. The number of hydrogen-bond acceptors (Lipinski definition) is 3. The van der Waals surface area contributed by atoms with E-state index in [9.17, 15) is 9.18 Å². The van der Waals surface area contributed by atoms with E-state index in [4.69, 9.17) is 4.74 Å². The normalized spacial score (nSPS) is 14.6. The lowest BCUT2D eigenvalue weighted by molar-refractivity contribution is 0.210. The first-order chi connectivity index (χ1) is 11.7. The topological polar surface area (TPSA) is 44.8 Å². The number of benzene rings is 1. The Kier molecular flexibility index (Phi) is 7.82. The predicted octanol–water partition coefficient (Wildman–Crippen LogP) is 3.37. The second kappa shape index (κ2) is 10.1. The quantitative estimate of drug-likeness (QED) is 0.751. The smallest absolute Gasteiger partial charge is 0.321 e. The fraction of sp³-hybridized carbons (Fsp3) is 0.611. The molecule has 1 heterocycles. The summed E-state index contributed by atoms with van der Waals surface area (Å²) in [6, 6.07) is 6.94. The molecule has 134 valence electrons. The van der Waals surface area contributed by atoms with Crippen molar-refractivity contribution in [3.63, 3.8) is 0 Å². The molecule has 0 aliphatic carbocycles. The van der Waals surface area contributed by atoms with Gasteiger partial charge in [-0.25, -0.2) is 9.18 Å².